The van der Waals surface area contributed by atoms with Gasteiger partial charge in [-0.15, -0.1) is 0 Å². The van der Waals surface area contributed by atoms with Crippen LogP contribution >= 0.6 is 0 Å². The van der Waals surface area contributed by atoms with Gasteiger partial charge in [-0.2, -0.15) is 0 Å². The van der Waals surface area contributed by atoms with E-state index in [4.69, 9.17) is 4.42 Å². The van der Waals surface area contributed by atoms with Crippen LogP contribution in [0.5, 0.6) is 0 Å². The van der Waals surface area contributed by atoms with E-state index in [9.17, 15) is 18.8 Å². The molecule has 0 atom stereocenters. The minimum Gasteiger partial charge on any atom is -0.408 e. The number of likely N-dealkylation sites (tertiary alicyclic amines) is 1. The zero-order chi connectivity index (χ0) is 20.4. The van der Waals surface area contributed by atoms with Crippen molar-refractivity contribution in [2.75, 3.05) is 13.1 Å². The molecule has 1 saturated heterocycles. The molecule has 2 aromatic carbocycles. The van der Waals surface area contributed by atoms with E-state index in [1.54, 1.807) is 35.2 Å². The Morgan fingerprint density at radius 3 is 2.52 bits per heavy atom. The molecule has 8 heteroatoms. The zero-order valence-corrected chi connectivity index (χ0v) is 15.7. The van der Waals surface area contributed by atoms with Crippen molar-refractivity contribution >= 4 is 22.9 Å². The van der Waals surface area contributed by atoms with Gasteiger partial charge >= 0.3 is 5.76 Å². The maximum atomic E-state index is 13.0. The van der Waals surface area contributed by atoms with Crippen molar-refractivity contribution < 1.29 is 18.4 Å². The van der Waals surface area contributed by atoms with Crippen LogP contribution in [0.4, 0.5) is 4.39 Å². The highest BCUT2D eigenvalue weighted by atomic mass is 19.1. The minimum absolute atomic E-state index is 0.0923. The van der Waals surface area contributed by atoms with Crippen LogP contribution in [0.1, 0.15) is 28.8 Å². The fourth-order valence-electron chi connectivity index (χ4n) is 3.45. The van der Waals surface area contributed by atoms with Crippen LogP contribution in [0.15, 0.2) is 51.7 Å². The molecular weight excluding hydrogens is 377 g/mol. The summed E-state index contributed by atoms with van der Waals surface area (Å²) in [7, 11) is 0. The van der Waals surface area contributed by atoms with Gasteiger partial charge in [0.2, 0.25) is 5.91 Å². The van der Waals surface area contributed by atoms with E-state index < -0.39 is 11.7 Å². The van der Waals surface area contributed by atoms with E-state index in [1.807, 2.05) is 0 Å². The summed E-state index contributed by atoms with van der Waals surface area (Å²) >= 11 is 0. The number of benzene rings is 2. The zero-order valence-electron chi connectivity index (χ0n) is 15.7. The van der Waals surface area contributed by atoms with Crippen LogP contribution in [0, 0.1) is 5.82 Å². The van der Waals surface area contributed by atoms with E-state index in [-0.39, 0.29) is 24.8 Å². The molecule has 29 heavy (non-hydrogen) atoms. The predicted octanol–water partition coefficient (Wildman–Crippen LogP) is 2.29. The van der Waals surface area contributed by atoms with E-state index in [0.717, 1.165) is 31.5 Å². The Balaban J connectivity index is 1.51. The molecule has 0 saturated carbocycles. The van der Waals surface area contributed by atoms with E-state index in [1.165, 1.54) is 16.7 Å². The summed E-state index contributed by atoms with van der Waals surface area (Å²) in [5.74, 6) is -1.50. The molecule has 1 N–H and O–H groups in total. The van der Waals surface area contributed by atoms with Crippen molar-refractivity contribution in [2.45, 2.75) is 25.9 Å². The molecule has 1 aromatic heterocycles. The lowest BCUT2D eigenvalue weighted by atomic mass is 10.2. The molecule has 0 unspecified atom stereocenters. The quantitative estimate of drug-likeness (QED) is 0.716. The predicted molar refractivity (Wildman–Crippen MR) is 104 cm³/mol. The number of rotatable bonds is 5. The maximum absolute atomic E-state index is 13.0. The first kappa shape index (κ1) is 18.9. The summed E-state index contributed by atoms with van der Waals surface area (Å²) in [4.78, 5) is 38.9. The monoisotopic (exact) mass is 397 g/mol. The topological polar surface area (TPSA) is 84.5 Å². The molecule has 150 valence electrons. The van der Waals surface area contributed by atoms with Gasteiger partial charge in [0.05, 0.1) is 5.52 Å². The fraction of sp³-hybridized carbons (Fsp3) is 0.286. The number of amides is 2. The summed E-state index contributed by atoms with van der Waals surface area (Å²) in [6.07, 6.45) is 1.97. The van der Waals surface area contributed by atoms with Gasteiger partial charge in [0.1, 0.15) is 12.4 Å². The van der Waals surface area contributed by atoms with Crippen LogP contribution in [-0.2, 0) is 17.9 Å². The van der Waals surface area contributed by atoms with Crippen LogP contribution in [0.2, 0.25) is 0 Å². The van der Waals surface area contributed by atoms with Gasteiger partial charge in [0, 0.05) is 25.2 Å². The van der Waals surface area contributed by atoms with Gasteiger partial charge in [-0.3, -0.25) is 14.2 Å². The lowest BCUT2D eigenvalue weighted by Crippen LogP contribution is -2.30. The van der Waals surface area contributed by atoms with Crippen LogP contribution < -0.4 is 11.1 Å². The van der Waals surface area contributed by atoms with Crippen molar-refractivity contribution in [3.8, 4) is 0 Å². The maximum Gasteiger partial charge on any atom is 0.420 e. The summed E-state index contributed by atoms with van der Waals surface area (Å²) in [5, 5.41) is 2.69. The third kappa shape index (κ3) is 4.06. The first-order chi connectivity index (χ1) is 14.0. The van der Waals surface area contributed by atoms with Crippen molar-refractivity contribution in [3.05, 3.63) is 70.0 Å². The smallest absolute Gasteiger partial charge is 0.408 e. The van der Waals surface area contributed by atoms with Crippen molar-refractivity contribution in [3.63, 3.8) is 0 Å². The van der Waals surface area contributed by atoms with E-state index >= 15 is 0 Å². The Hall–Kier alpha value is -3.42. The third-order valence-corrected chi connectivity index (χ3v) is 5.01. The summed E-state index contributed by atoms with van der Waals surface area (Å²) < 4.78 is 19.4. The van der Waals surface area contributed by atoms with Gasteiger partial charge in [-0.25, -0.2) is 9.18 Å². The number of halogens is 1. The summed E-state index contributed by atoms with van der Waals surface area (Å²) in [6, 6.07) is 10.6. The van der Waals surface area contributed by atoms with Gasteiger partial charge in [0.15, 0.2) is 5.58 Å². The van der Waals surface area contributed by atoms with Crippen LogP contribution in [0.25, 0.3) is 11.1 Å². The van der Waals surface area contributed by atoms with Gasteiger partial charge in [-0.1, -0.05) is 12.1 Å². The molecule has 3 aromatic rings. The molecular formula is C21H20FN3O4. The van der Waals surface area contributed by atoms with Crippen molar-refractivity contribution in [1.29, 1.82) is 0 Å². The first-order valence-electron chi connectivity index (χ1n) is 9.45. The van der Waals surface area contributed by atoms with Crippen molar-refractivity contribution in [2.24, 2.45) is 0 Å². The first-order valence-corrected chi connectivity index (χ1v) is 9.45. The van der Waals surface area contributed by atoms with Gasteiger partial charge < -0.3 is 14.6 Å². The third-order valence-electron chi connectivity index (χ3n) is 5.01. The Kier molecular flexibility index (Phi) is 5.16. The van der Waals surface area contributed by atoms with Crippen LogP contribution in [0.3, 0.4) is 0 Å². The molecule has 0 aliphatic carbocycles. The SMILES string of the molecule is O=C(Cn1c(=O)oc2ccc(C(=O)N3CCCC3)cc21)NCc1ccc(F)cc1. The number of oxazole rings is 1. The highest BCUT2D eigenvalue weighted by Gasteiger charge is 2.21. The van der Waals surface area contributed by atoms with Crippen molar-refractivity contribution in [1.82, 2.24) is 14.8 Å². The molecule has 0 radical (unpaired) electrons. The molecule has 2 amide bonds. The molecule has 0 bridgehead atoms. The normalized spacial score (nSPS) is 13.8. The number of fused-ring (bicyclic) bond motifs is 1. The van der Waals surface area contributed by atoms with E-state index in [2.05, 4.69) is 5.32 Å². The second-order valence-corrected chi connectivity index (χ2v) is 7.04. The Bertz CT molecular complexity index is 1110. The lowest BCUT2D eigenvalue weighted by Gasteiger charge is -2.15. The minimum atomic E-state index is -0.664. The highest BCUT2D eigenvalue weighted by Crippen LogP contribution is 2.18. The largest absolute Gasteiger partial charge is 0.420 e. The number of hydrogen-bond acceptors (Lipinski definition) is 4. The number of carbonyl (C=O) groups is 2. The molecule has 1 fully saturated rings. The number of nitrogens with zero attached hydrogens (tertiary/aromatic N) is 2. The van der Waals surface area contributed by atoms with Crippen LogP contribution in [-0.4, -0.2) is 34.4 Å². The average molecular weight is 397 g/mol. The average Bonchev–Trinajstić information content (AvgIpc) is 3.35. The second-order valence-electron chi connectivity index (χ2n) is 7.04. The number of carbonyl (C=O) groups excluding carboxylic acids is 2. The molecule has 2 heterocycles. The number of hydrogen-bond donors (Lipinski definition) is 1. The summed E-state index contributed by atoms with van der Waals surface area (Å²) in [5.41, 5.74) is 1.92. The second kappa shape index (κ2) is 7.90. The van der Waals surface area contributed by atoms with Gasteiger partial charge in [0.25, 0.3) is 5.91 Å². The fourth-order valence-corrected chi connectivity index (χ4v) is 3.45. The molecule has 1 aliphatic heterocycles. The van der Waals surface area contributed by atoms with E-state index in [0.29, 0.717) is 16.7 Å². The molecule has 4 rings (SSSR count). The van der Waals surface area contributed by atoms with Gasteiger partial charge in [-0.05, 0) is 48.7 Å². The molecule has 1 aliphatic rings. The Morgan fingerprint density at radius 1 is 1.07 bits per heavy atom. The Labute approximate surface area is 165 Å². The lowest BCUT2D eigenvalue weighted by molar-refractivity contribution is -0.121. The number of nitrogens with one attached hydrogen (secondary N) is 1. The number of aromatic nitrogens is 1. The molecule has 7 nitrogen and oxygen atoms in total. The molecule has 0 spiro atoms. The standard InChI is InChI=1S/C21H20FN3O4/c22-16-6-3-14(4-7-16)12-23-19(26)13-25-17-11-15(5-8-18(17)29-21(25)28)20(27)24-9-1-2-10-24/h3-8,11H,1-2,9-10,12-13H2,(H,23,26). The summed E-state index contributed by atoms with van der Waals surface area (Å²) in [6.45, 7) is 1.42. The highest BCUT2D eigenvalue weighted by molar-refractivity contribution is 5.97. The Morgan fingerprint density at radius 2 is 1.79 bits per heavy atom.